The highest BCUT2D eigenvalue weighted by Gasteiger charge is 2.17. The first kappa shape index (κ1) is 12.7. The van der Waals surface area contributed by atoms with E-state index in [1.54, 1.807) is 4.68 Å². The maximum atomic E-state index is 5.87. The van der Waals surface area contributed by atoms with Crippen LogP contribution in [-0.4, -0.2) is 26.8 Å². The van der Waals surface area contributed by atoms with Gasteiger partial charge in [-0.3, -0.25) is 0 Å². The third-order valence-electron chi connectivity index (χ3n) is 3.47. The number of hydrogen-bond donors (Lipinski definition) is 2. The van der Waals surface area contributed by atoms with Gasteiger partial charge in [-0.15, -0.1) is 0 Å². The molecule has 1 aromatic heterocycles. The van der Waals surface area contributed by atoms with Crippen LogP contribution < -0.4 is 11.1 Å². The highest BCUT2D eigenvalue weighted by Crippen LogP contribution is 2.17. The van der Waals surface area contributed by atoms with Crippen LogP contribution in [0.15, 0.2) is 41.7 Å². The first-order valence-electron chi connectivity index (χ1n) is 6.84. The third-order valence-corrected chi connectivity index (χ3v) is 3.47. The number of guanidine groups is 1. The van der Waals surface area contributed by atoms with Crippen LogP contribution in [0.4, 0.5) is 0 Å². The Hall–Kier alpha value is -2.37. The summed E-state index contributed by atoms with van der Waals surface area (Å²) in [6, 6.07) is 10.4. The Balaban J connectivity index is 1.69. The van der Waals surface area contributed by atoms with Crippen LogP contribution in [0, 0.1) is 0 Å². The highest BCUT2D eigenvalue weighted by atomic mass is 15.3. The lowest BCUT2D eigenvalue weighted by Crippen LogP contribution is -2.43. The fourth-order valence-corrected chi connectivity index (χ4v) is 2.12. The van der Waals surface area contributed by atoms with E-state index in [-0.39, 0.29) is 0 Å². The van der Waals surface area contributed by atoms with Crippen molar-refractivity contribution >= 4 is 5.96 Å². The van der Waals surface area contributed by atoms with Gasteiger partial charge >= 0.3 is 0 Å². The van der Waals surface area contributed by atoms with E-state index in [0.717, 1.165) is 11.5 Å². The van der Waals surface area contributed by atoms with E-state index in [2.05, 4.69) is 20.4 Å². The van der Waals surface area contributed by atoms with Crippen molar-refractivity contribution in [2.45, 2.75) is 31.8 Å². The number of hydrogen-bond acceptors (Lipinski definition) is 3. The van der Waals surface area contributed by atoms with Crippen molar-refractivity contribution in [3.63, 3.8) is 0 Å². The molecule has 2 aromatic rings. The lowest BCUT2D eigenvalue weighted by molar-refractivity contribution is 0.382. The number of aromatic nitrogens is 3. The average molecular weight is 270 g/mol. The predicted molar refractivity (Wildman–Crippen MR) is 77.5 cm³/mol. The first-order valence-corrected chi connectivity index (χ1v) is 6.84. The van der Waals surface area contributed by atoms with Gasteiger partial charge in [-0.2, -0.15) is 5.10 Å². The van der Waals surface area contributed by atoms with Gasteiger partial charge < -0.3 is 11.1 Å². The van der Waals surface area contributed by atoms with Gasteiger partial charge in [0.25, 0.3) is 0 Å². The molecule has 1 aliphatic carbocycles. The SMILES string of the molecule is NC(=NCc1ncnn1-c1ccccc1)NC1CCC1. The molecule has 1 fully saturated rings. The Morgan fingerprint density at radius 2 is 2.15 bits per heavy atom. The molecule has 1 heterocycles. The molecule has 0 saturated heterocycles. The van der Waals surface area contributed by atoms with Crippen molar-refractivity contribution in [3.8, 4) is 5.69 Å². The second kappa shape index (κ2) is 5.73. The minimum absolute atomic E-state index is 0.417. The van der Waals surface area contributed by atoms with Crippen LogP contribution in [0.1, 0.15) is 25.1 Å². The quantitative estimate of drug-likeness (QED) is 0.646. The molecular formula is C14H18N6. The number of aliphatic imine (C=N–C) groups is 1. The van der Waals surface area contributed by atoms with Gasteiger partial charge in [-0.1, -0.05) is 18.2 Å². The van der Waals surface area contributed by atoms with Gasteiger partial charge in [0.15, 0.2) is 11.8 Å². The van der Waals surface area contributed by atoms with Gasteiger partial charge in [0.2, 0.25) is 0 Å². The van der Waals surface area contributed by atoms with E-state index in [0.29, 0.717) is 18.5 Å². The molecule has 1 aliphatic rings. The molecule has 0 bridgehead atoms. The number of nitrogens with zero attached hydrogens (tertiary/aromatic N) is 4. The molecular weight excluding hydrogens is 252 g/mol. The smallest absolute Gasteiger partial charge is 0.189 e. The van der Waals surface area contributed by atoms with Crippen molar-refractivity contribution in [2.24, 2.45) is 10.7 Å². The lowest BCUT2D eigenvalue weighted by atomic mass is 9.93. The van der Waals surface area contributed by atoms with Crippen molar-refractivity contribution in [2.75, 3.05) is 0 Å². The molecule has 0 radical (unpaired) electrons. The summed E-state index contributed by atoms with van der Waals surface area (Å²) in [6.07, 6.45) is 5.16. The summed E-state index contributed by atoms with van der Waals surface area (Å²) in [7, 11) is 0. The van der Waals surface area contributed by atoms with Crippen LogP contribution in [0.3, 0.4) is 0 Å². The molecule has 104 valence electrons. The molecule has 1 saturated carbocycles. The Bertz CT molecular complexity index is 585. The standard InChI is InChI=1S/C14H18N6/c15-14(19-11-5-4-6-11)16-9-13-17-10-18-20(13)12-7-2-1-3-8-12/h1-3,7-8,10-11H,4-6,9H2,(H3,15,16,19). The molecule has 20 heavy (non-hydrogen) atoms. The normalized spacial score (nSPS) is 15.9. The molecule has 3 rings (SSSR count). The van der Waals surface area contributed by atoms with Gasteiger partial charge in [0.1, 0.15) is 12.9 Å². The van der Waals surface area contributed by atoms with Crippen molar-refractivity contribution in [1.29, 1.82) is 0 Å². The maximum Gasteiger partial charge on any atom is 0.189 e. The van der Waals surface area contributed by atoms with E-state index in [1.165, 1.54) is 25.6 Å². The molecule has 0 unspecified atom stereocenters. The lowest BCUT2D eigenvalue weighted by Gasteiger charge is -2.26. The molecule has 0 amide bonds. The van der Waals surface area contributed by atoms with Crippen molar-refractivity contribution in [3.05, 3.63) is 42.5 Å². The highest BCUT2D eigenvalue weighted by molar-refractivity contribution is 5.78. The first-order chi connectivity index (χ1) is 9.83. The number of para-hydroxylation sites is 1. The Kier molecular flexibility index (Phi) is 3.62. The summed E-state index contributed by atoms with van der Waals surface area (Å²) < 4.78 is 1.78. The van der Waals surface area contributed by atoms with E-state index in [1.807, 2.05) is 30.3 Å². The van der Waals surface area contributed by atoms with Crippen molar-refractivity contribution < 1.29 is 0 Å². The van der Waals surface area contributed by atoms with Crippen LogP contribution in [-0.2, 0) is 6.54 Å². The van der Waals surface area contributed by atoms with Crippen molar-refractivity contribution in [1.82, 2.24) is 20.1 Å². The van der Waals surface area contributed by atoms with Gasteiger partial charge in [-0.05, 0) is 31.4 Å². The zero-order valence-electron chi connectivity index (χ0n) is 11.2. The fraction of sp³-hybridized carbons (Fsp3) is 0.357. The number of rotatable bonds is 4. The third kappa shape index (κ3) is 2.79. The van der Waals surface area contributed by atoms with Crippen LogP contribution in [0.25, 0.3) is 5.69 Å². The molecule has 6 heteroatoms. The summed E-state index contributed by atoms with van der Waals surface area (Å²) in [5, 5.41) is 7.44. The zero-order valence-corrected chi connectivity index (χ0v) is 11.2. The fourth-order valence-electron chi connectivity index (χ4n) is 2.12. The summed E-state index contributed by atoms with van der Waals surface area (Å²) in [5.41, 5.74) is 6.84. The maximum absolute atomic E-state index is 5.87. The van der Waals surface area contributed by atoms with Gasteiger partial charge in [0, 0.05) is 6.04 Å². The summed E-state index contributed by atoms with van der Waals surface area (Å²) >= 11 is 0. The van der Waals surface area contributed by atoms with Crippen LogP contribution >= 0.6 is 0 Å². The summed E-state index contributed by atoms with van der Waals surface area (Å²) in [4.78, 5) is 8.57. The van der Waals surface area contributed by atoms with Crippen LogP contribution in [0.5, 0.6) is 0 Å². The second-order valence-corrected chi connectivity index (χ2v) is 4.90. The average Bonchev–Trinajstić information content (AvgIpc) is 2.90. The second-order valence-electron chi connectivity index (χ2n) is 4.90. The van der Waals surface area contributed by atoms with E-state index in [4.69, 9.17) is 5.73 Å². The van der Waals surface area contributed by atoms with E-state index >= 15 is 0 Å². The Morgan fingerprint density at radius 3 is 2.85 bits per heavy atom. The summed E-state index contributed by atoms with van der Waals surface area (Å²) in [6.45, 7) is 0.417. The number of nitrogens with two attached hydrogens (primary N) is 1. The zero-order chi connectivity index (χ0) is 13.8. The largest absolute Gasteiger partial charge is 0.370 e. The van der Waals surface area contributed by atoms with Gasteiger partial charge in [0.05, 0.1) is 5.69 Å². The Labute approximate surface area is 117 Å². The molecule has 0 spiro atoms. The minimum atomic E-state index is 0.417. The van der Waals surface area contributed by atoms with Crippen LogP contribution in [0.2, 0.25) is 0 Å². The Morgan fingerprint density at radius 1 is 1.35 bits per heavy atom. The van der Waals surface area contributed by atoms with E-state index < -0.39 is 0 Å². The molecule has 0 atom stereocenters. The van der Waals surface area contributed by atoms with Gasteiger partial charge in [-0.25, -0.2) is 14.7 Å². The minimum Gasteiger partial charge on any atom is -0.370 e. The summed E-state index contributed by atoms with van der Waals surface area (Å²) in [5.74, 6) is 1.26. The molecule has 6 nitrogen and oxygen atoms in total. The van der Waals surface area contributed by atoms with E-state index in [9.17, 15) is 0 Å². The number of nitrogens with one attached hydrogen (secondary N) is 1. The molecule has 3 N–H and O–H groups in total. The molecule has 1 aromatic carbocycles. The number of benzene rings is 1. The predicted octanol–water partition coefficient (Wildman–Crippen LogP) is 1.22. The topological polar surface area (TPSA) is 81.1 Å². The molecule has 0 aliphatic heterocycles. The monoisotopic (exact) mass is 270 g/mol.